The van der Waals surface area contributed by atoms with Gasteiger partial charge in [0.1, 0.15) is 0 Å². The van der Waals surface area contributed by atoms with Crippen molar-refractivity contribution in [2.45, 2.75) is 44.6 Å². The summed E-state index contributed by atoms with van der Waals surface area (Å²) in [5.74, 6) is 0.155. The summed E-state index contributed by atoms with van der Waals surface area (Å²) in [5.41, 5.74) is 4.33. The molecule has 3 aromatic rings. The number of hydrogen-bond acceptors (Lipinski definition) is 4. The largest absolute Gasteiger partial charge is 0.358 e. The first-order chi connectivity index (χ1) is 15.5. The fourth-order valence-corrected chi connectivity index (χ4v) is 5.96. The molecule has 0 spiro atoms. The van der Waals surface area contributed by atoms with Gasteiger partial charge in [-0.25, -0.2) is 0 Å². The standard InChI is InChI=1S/C24H24N4O4/c29-23(15-5-6-20-18(10-15)17-3-1-2-4-19(17)25-20)26-11-14-9-16(13-26)21-7-8-22(28(31)32)24(30)27(21)12-14/h5-8,10,14,16,25H,1-4,9,11-13H2. The van der Waals surface area contributed by atoms with E-state index in [1.807, 2.05) is 23.1 Å². The second-order valence-electron chi connectivity index (χ2n) is 9.37. The number of nitro groups is 1. The van der Waals surface area contributed by atoms with E-state index in [1.165, 1.54) is 30.2 Å². The third-order valence-corrected chi connectivity index (χ3v) is 7.41. The van der Waals surface area contributed by atoms with Crippen LogP contribution in [0.25, 0.3) is 10.9 Å². The van der Waals surface area contributed by atoms with Crippen molar-refractivity contribution < 1.29 is 9.72 Å². The zero-order chi connectivity index (χ0) is 22.0. The maximum atomic E-state index is 13.4. The Bertz CT molecular complexity index is 1340. The molecule has 6 rings (SSSR count). The van der Waals surface area contributed by atoms with Gasteiger partial charge in [-0.2, -0.15) is 0 Å². The quantitative estimate of drug-likeness (QED) is 0.495. The van der Waals surface area contributed by atoms with E-state index in [0.29, 0.717) is 25.2 Å². The molecule has 0 saturated carbocycles. The van der Waals surface area contributed by atoms with Gasteiger partial charge in [-0.3, -0.25) is 19.7 Å². The highest BCUT2D eigenvalue weighted by Gasteiger charge is 2.38. The Kier molecular flexibility index (Phi) is 4.25. The molecule has 4 heterocycles. The predicted octanol–water partition coefficient (Wildman–Crippen LogP) is 3.38. The van der Waals surface area contributed by atoms with E-state index in [4.69, 9.17) is 0 Å². The highest BCUT2D eigenvalue weighted by molar-refractivity contribution is 5.99. The average Bonchev–Trinajstić information content (AvgIpc) is 3.17. The van der Waals surface area contributed by atoms with Gasteiger partial charge in [0, 0.05) is 59.5 Å². The van der Waals surface area contributed by atoms with E-state index in [2.05, 4.69) is 4.98 Å². The van der Waals surface area contributed by atoms with E-state index in [-0.39, 0.29) is 23.4 Å². The van der Waals surface area contributed by atoms with Crippen molar-refractivity contribution in [2.75, 3.05) is 13.1 Å². The molecule has 2 unspecified atom stereocenters. The van der Waals surface area contributed by atoms with Crippen LogP contribution in [0.3, 0.4) is 0 Å². The van der Waals surface area contributed by atoms with E-state index in [9.17, 15) is 19.7 Å². The number of hydrogen-bond donors (Lipinski definition) is 1. The number of nitrogens with one attached hydrogen (secondary N) is 1. The van der Waals surface area contributed by atoms with Crippen molar-refractivity contribution in [3.63, 3.8) is 0 Å². The molecule has 1 amide bonds. The number of carbonyl (C=O) groups excluding carboxylic acids is 1. The SMILES string of the molecule is O=C(c1ccc2[nH]c3c(c2c1)CCCC3)N1CC2CC(C1)c1ccc([N+](=O)[O-])c(=O)n1C2. The molecule has 8 nitrogen and oxygen atoms in total. The first kappa shape index (κ1) is 19.3. The molecule has 1 saturated heterocycles. The summed E-state index contributed by atoms with van der Waals surface area (Å²) in [6, 6.07) is 8.94. The number of piperidine rings is 1. The predicted molar refractivity (Wildman–Crippen MR) is 119 cm³/mol. The first-order valence-electron chi connectivity index (χ1n) is 11.3. The van der Waals surface area contributed by atoms with Crippen molar-refractivity contribution in [3.8, 4) is 0 Å². The van der Waals surface area contributed by atoms with Crippen LogP contribution in [0.2, 0.25) is 0 Å². The number of carbonyl (C=O) groups is 1. The number of rotatable bonds is 2. The zero-order valence-corrected chi connectivity index (χ0v) is 17.7. The van der Waals surface area contributed by atoms with Crippen LogP contribution in [0.4, 0.5) is 5.69 Å². The fraction of sp³-hybridized carbons (Fsp3) is 0.417. The Balaban J connectivity index is 1.31. The molecule has 2 atom stereocenters. The second-order valence-corrected chi connectivity index (χ2v) is 9.37. The molecule has 1 fully saturated rings. The van der Waals surface area contributed by atoms with Crippen LogP contribution in [0.5, 0.6) is 0 Å². The third kappa shape index (κ3) is 2.89. The molecule has 8 heteroatoms. The lowest BCUT2D eigenvalue weighted by Gasteiger charge is -2.42. The van der Waals surface area contributed by atoms with Crippen molar-refractivity contribution in [1.29, 1.82) is 0 Å². The van der Waals surface area contributed by atoms with Crippen molar-refractivity contribution in [3.05, 3.63) is 73.3 Å². The number of aromatic amines is 1. The molecule has 1 N–H and O–H groups in total. The summed E-state index contributed by atoms with van der Waals surface area (Å²) >= 11 is 0. The zero-order valence-electron chi connectivity index (χ0n) is 17.7. The number of aryl methyl sites for hydroxylation is 2. The van der Waals surface area contributed by atoms with E-state index in [0.717, 1.165) is 35.9 Å². The van der Waals surface area contributed by atoms with Crippen LogP contribution in [-0.4, -0.2) is 38.4 Å². The van der Waals surface area contributed by atoms with Crippen LogP contribution >= 0.6 is 0 Å². The monoisotopic (exact) mass is 432 g/mol. The van der Waals surface area contributed by atoms with Crippen molar-refractivity contribution >= 4 is 22.5 Å². The molecule has 32 heavy (non-hydrogen) atoms. The van der Waals surface area contributed by atoms with Gasteiger partial charge in [0.25, 0.3) is 5.91 Å². The van der Waals surface area contributed by atoms with E-state index < -0.39 is 10.5 Å². The minimum Gasteiger partial charge on any atom is -0.358 e. The molecule has 1 aromatic carbocycles. The number of nitrogens with zero attached hydrogens (tertiary/aromatic N) is 3. The molecule has 164 valence electrons. The smallest absolute Gasteiger partial charge is 0.334 e. The number of aromatic nitrogens is 2. The second kappa shape index (κ2) is 7.05. The summed E-state index contributed by atoms with van der Waals surface area (Å²) < 4.78 is 1.55. The minimum absolute atomic E-state index is 0.0173. The van der Waals surface area contributed by atoms with Gasteiger partial charge in [-0.1, -0.05) is 0 Å². The lowest BCUT2D eigenvalue weighted by molar-refractivity contribution is -0.386. The maximum absolute atomic E-state index is 13.4. The van der Waals surface area contributed by atoms with Gasteiger partial charge in [0.2, 0.25) is 0 Å². The van der Waals surface area contributed by atoms with Gasteiger partial charge in [-0.05, 0) is 67.9 Å². The van der Waals surface area contributed by atoms with Gasteiger partial charge >= 0.3 is 11.2 Å². The highest BCUT2D eigenvalue weighted by atomic mass is 16.6. The average molecular weight is 432 g/mol. The Hall–Kier alpha value is -3.42. The Morgan fingerprint density at radius 2 is 1.94 bits per heavy atom. The number of H-pyrrole nitrogens is 1. The molecule has 2 aromatic heterocycles. The fourth-order valence-electron chi connectivity index (χ4n) is 5.96. The Morgan fingerprint density at radius 3 is 2.78 bits per heavy atom. The molecular formula is C24H24N4O4. The van der Waals surface area contributed by atoms with Crippen LogP contribution in [-0.2, 0) is 19.4 Å². The van der Waals surface area contributed by atoms with E-state index in [1.54, 1.807) is 10.6 Å². The lowest BCUT2D eigenvalue weighted by Crippen LogP contribution is -2.49. The molecule has 2 aliphatic heterocycles. The highest BCUT2D eigenvalue weighted by Crippen LogP contribution is 2.36. The first-order valence-corrected chi connectivity index (χ1v) is 11.3. The number of amides is 1. The summed E-state index contributed by atoms with van der Waals surface area (Å²) in [7, 11) is 0. The van der Waals surface area contributed by atoms with Gasteiger partial charge in [0.05, 0.1) is 4.92 Å². The topological polar surface area (TPSA) is 101 Å². The molecule has 2 bridgehead atoms. The van der Waals surface area contributed by atoms with Gasteiger partial charge in [0.15, 0.2) is 0 Å². The minimum atomic E-state index is -0.619. The Labute approximate surface area is 184 Å². The summed E-state index contributed by atoms with van der Waals surface area (Å²) in [6.45, 7) is 1.50. The summed E-state index contributed by atoms with van der Waals surface area (Å²) in [4.78, 5) is 42.0. The molecule has 3 aliphatic rings. The maximum Gasteiger partial charge on any atom is 0.334 e. The molecule has 0 radical (unpaired) electrons. The Morgan fingerprint density at radius 1 is 1.09 bits per heavy atom. The number of likely N-dealkylation sites (tertiary alicyclic amines) is 1. The summed E-state index contributed by atoms with van der Waals surface area (Å²) in [5, 5.41) is 12.3. The normalized spacial score (nSPS) is 21.8. The van der Waals surface area contributed by atoms with Gasteiger partial charge in [-0.15, -0.1) is 0 Å². The van der Waals surface area contributed by atoms with E-state index >= 15 is 0 Å². The lowest BCUT2D eigenvalue weighted by atomic mass is 9.83. The third-order valence-electron chi connectivity index (χ3n) is 7.41. The van der Waals surface area contributed by atoms with Gasteiger partial charge < -0.3 is 14.5 Å². The number of fused-ring (bicyclic) bond motifs is 7. The number of pyridine rings is 1. The van der Waals surface area contributed by atoms with Crippen LogP contribution in [0.15, 0.2) is 35.1 Å². The van der Waals surface area contributed by atoms with Crippen molar-refractivity contribution in [2.24, 2.45) is 5.92 Å². The van der Waals surface area contributed by atoms with Crippen LogP contribution in [0, 0.1) is 16.0 Å². The van der Waals surface area contributed by atoms with Crippen molar-refractivity contribution in [1.82, 2.24) is 14.5 Å². The number of benzene rings is 1. The molecule has 1 aliphatic carbocycles. The molecular weight excluding hydrogens is 408 g/mol. The van der Waals surface area contributed by atoms with Crippen LogP contribution < -0.4 is 5.56 Å². The van der Waals surface area contributed by atoms with Crippen LogP contribution in [0.1, 0.15) is 52.5 Å². The summed E-state index contributed by atoms with van der Waals surface area (Å²) in [6.07, 6.45) is 5.41.